The molecule has 0 spiro atoms. The number of aryl methyl sites for hydroxylation is 1. The molecule has 17 heavy (non-hydrogen) atoms. The number of halogens is 1. The maximum atomic E-state index is 13.5. The Morgan fingerprint density at radius 1 is 1.41 bits per heavy atom. The second-order valence-corrected chi connectivity index (χ2v) is 3.52. The van der Waals surface area contributed by atoms with Gasteiger partial charge in [0, 0.05) is 12.1 Å². The van der Waals surface area contributed by atoms with Crippen LogP contribution in [0.3, 0.4) is 0 Å². The molecular weight excluding hydrogens is 225 g/mol. The summed E-state index contributed by atoms with van der Waals surface area (Å²) in [5, 5.41) is 7.26. The predicted molar refractivity (Wildman–Crippen MR) is 57.7 cm³/mol. The number of benzene rings is 1. The van der Waals surface area contributed by atoms with Crippen molar-refractivity contribution >= 4 is 0 Å². The first-order valence-corrected chi connectivity index (χ1v) is 5.10. The molecule has 0 unspecified atom stereocenters. The minimum atomic E-state index is -0.443. The van der Waals surface area contributed by atoms with Crippen molar-refractivity contribution in [1.82, 2.24) is 10.3 Å². The molecule has 1 aromatic carbocycles. The third kappa shape index (κ3) is 2.42. The number of nitrogens with two attached hydrogens (primary N) is 1. The van der Waals surface area contributed by atoms with Crippen molar-refractivity contribution in [1.29, 1.82) is 0 Å². The number of aromatic nitrogens is 2. The fraction of sp³-hybridized carbons (Fsp3) is 0.273. The van der Waals surface area contributed by atoms with Crippen molar-refractivity contribution in [2.45, 2.75) is 20.1 Å². The first-order chi connectivity index (χ1) is 8.22. The number of hydrogen-bond donors (Lipinski definition) is 1. The SMILES string of the molecule is Cc1nonc1COc1c(F)cccc1CN. The number of rotatable bonds is 4. The lowest BCUT2D eigenvalue weighted by molar-refractivity contribution is 0.260. The van der Waals surface area contributed by atoms with Gasteiger partial charge in [0.2, 0.25) is 0 Å². The lowest BCUT2D eigenvalue weighted by Crippen LogP contribution is -2.05. The van der Waals surface area contributed by atoms with Gasteiger partial charge in [-0.3, -0.25) is 0 Å². The fourth-order valence-corrected chi connectivity index (χ4v) is 1.40. The Bertz CT molecular complexity index is 513. The largest absolute Gasteiger partial charge is 0.484 e. The summed E-state index contributed by atoms with van der Waals surface area (Å²) in [6, 6.07) is 4.63. The Kier molecular flexibility index (Phi) is 3.34. The molecule has 2 rings (SSSR count). The molecule has 1 aromatic heterocycles. The van der Waals surface area contributed by atoms with E-state index in [0.29, 0.717) is 17.0 Å². The molecule has 2 aromatic rings. The van der Waals surface area contributed by atoms with Gasteiger partial charge in [-0.2, -0.15) is 0 Å². The van der Waals surface area contributed by atoms with Gasteiger partial charge in [-0.05, 0) is 13.0 Å². The standard InChI is InChI=1S/C11H12FN3O2/c1-7-10(15-17-14-7)6-16-11-8(5-13)3-2-4-9(11)12/h2-4H,5-6,13H2,1H3. The summed E-state index contributed by atoms with van der Waals surface area (Å²) >= 11 is 0. The maximum absolute atomic E-state index is 13.5. The van der Waals surface area contributed by atoms with E-state index in [1.807, 2.05) is 0 Å². The number of hydrogen-bond acceptors (Lipinski definition) is 5. The van der Waals surface area contributed by atoms with Gasteiger partial charge in [0.1, 0.15) is 18.0 Å². The Morgan fingerprint density at radius 2 is 2.24 bits per heavy atom. The van der Waals surface area contributed by atoms with E-state index in [2.05, 4.69) is 14.9 Å². The second-order valence-electron chi connectivity index (χ2n) is 3.52. The molecule has 0 amide bonds. The zero-order chi connectivity index (χ0) is 12.3. The van der Waals surface area contributed by atoms with Crippen LogP contribution < -0.4 is 10.5 Å². The van der Waals surface area contributed by atoms with Gasteiger partial charge >= 0.3 is 0 Å². The molecule has 0 radical (unpaired) electrons. The van der Waals surface area contributed by atoms with Gasteiger partial charge in [-0.1, -0.05) is 22.4 Å². The molecule has 0 saturated heterocycles. The van der Waals surface area contributed by atoms with Crippen molar-refractivity contribution in [2.24, 2.45) is 5.73 Å². The van der Waals surface area contributed by atoms with Crippen LogP contribution in [-0.2, 0) is 13.2 Å². The summed E-state index contributed by atoms with van der Waals surface area (Å²) in [5.41, 5.74) is 7.27. The maximum Gasteiger partial charge on any atom is 0.165 e. The van der Waals surface area contributed by atoms with E-state index in [-0.39, 0.29) is 18.9 Å². The van der Waals surface area contributed by atoms with Gasteiger partial charge in [-0.15, -0.1) is 0 Å². The fourth-order valence-electron chi connectivity index (χ4n) is 1.40. The van der Waals surface area contributed by atoms with E-state index in [1.54, 1.807) is 19.1 Å². The van der Waals surface area contributed by atoms with Crippen LogP contribution in [0.25, 0.3) is 0 Å². The Morgan fingerprint density at radius 3 is 2.88 bits per heavy atom. The molecule has 90 valence electrons. The van der Waals surface area contributed by atoms with Crippen molar-refractivity contribution in [3.05, 3.63) is 41.0 Å². The topological polar surface area (TPSA) is 74.2 Å². The monoisotopic (exact) mass is 237 g/mol. The van der Waals surface area contributed by atoms with Crippen LogP contribution in [0.4, 0.5) is 4.39 Å². The average Bonchev–Trinajstić information content (AvgIpc) is 2.73. The minimum absolute atomic E-state index is 0.100. The Balaban J connectivity index is 2.16. The first kappa shape index (κ1) is 11.5. The molecular formula is C11H12FN3O2. The third-order valence-corrected chi connectivity index (χ3v) is 2.37. The molecule has 0 saturated carbocycles. The summed E-state index contributed by atoms with van der Waals surface area (Å²) in [6.07, 6.45) is 0. The summed E-state index contributed by atoms with van der Waals surface area (Å²) < 4.78 is 23.4. The zero-order valence-electron chi connectivity index (χ0n) is 9.31. The second kappa shape index (κ2) is 4.92. The van der Waals surface area contributed by atoms with E-state index < -0.39 is 5.82 Å². The molecule has 0 aliphatic heterocycles. The van der Waals surface area contributed by atoms with Crippen LogP contribution in [0.5, 0.6) is 5.75 Å². The highest BCUT2D eigenvalue weighted by Crippen LogP contribution is 2.23. The summed E-state index contributed by atoms with van der Waals surface area (Å²) in [6.45, 7) is 2.05. The number of nitrogens with zero attached hydrogens (tertiary/aromatic N) is 2. The van der Waals surface area contributed by atoms with Crippen molar-refractivity contribution in [3.63, 3.8) is 0 Å². The Labute approximate surface area is 97.3 Å². The van der Waals surface area contributed by atoms with E-state index in [0.717, 1.165) is 0 Å². The summed E-state index contributed by atoms with van der Waals surface area (Å²) in [7, 11) is 0. The molecule has 0 aliphatic rings. The molecule has 0 aliphatic carbocycles. The van der Waals surface area contributed by atoms with Crippen molar-refractivity contribution < 1.29 is 13.8 Å². The highest BCUT2D eigenvalue weighted by atomic mass is 19.1. The highest BCUT2D eigenvalue weighted by molar-refractivity contribution is 5.34. The Hall–Kier alpha value is -1.95. The molecule has 2 N–H and O–H groups in total. The molecule has 0 atom stereocenters. The lowest BCUT2D eigenvalue weighted by atomic mass is 10.2. The van der Waals surface area contributed by atoms with Gasteiger partial charge in [0.05, 0.1) is 0 Å². The van der Waals surface area contributed by atoms with Crippen LogP contribution in [0.1, 0.15) is 17.0 Å². The molecule has 0 bridgehead atoms. The van der Waals surface area contributed by atoms with E-state index in [4.69, 9.17) is 10.5 Å². The first-order valence-electron chi connectivity index (χ1n) is 5.10. The van der Waals surface area contributed by atoms with Gasteiger partial charge in [0.25, 0.3) is 0 Å². The third-order valence-electron chi connectivity index (χ3n) is 2.37. The van der Waals surface area contributed by atoms with Gasteiger partial charge in [-0.25, -0.2) is 9.02 Å². The summed E-state index contributed by atoms with van der Waals surface area (Å²) in [4.78, 5) is 0. The van der Waals surface area contributed by atoms with Crippen LogP contribution in [0, 0.1) is 12.7 Å². The van der Waals surface area contributed by atoms with Gasteiger partial charge in [0.15, 0.2) is 11.6 Å². The zero-order valence-corrected chi connectivity index (χ0v) is 9.31. The molecule has 1 heterocycles. The van der Waals surface area contributed by atoms with E-state index in [9.17, 15) is 4.39 Å². The quantitative estimate of drug-likeness (QED) is 0.873. The summed E-state index contributed by atoms with van der Waals surface area (Å²) in [5.74, 6) is -0.292. The lowest BCUT2D eigenvalue weighted by Gasteiger charge is -2.09. The van der Waals surface area contributed by atoms with Crippen LogP contribution in [0.2, 0.25) is 0 Å². The van der Waals surface area contributed by atoms with Gasteiger partial charge < -0.3 is 10.5 Å². The van der Waals surface area contributed by atoms with E-state index >= 15 is 0 Å². The average molecular weight is 237 g/mol. The molecule has 0 fully saturated rings. The molecule has 5 nitrogen and oxygen atoms in total. The van der Waals surface area contributed by atoms with Crippen LogP contribution in [-0.4, -0.2) is 10.3 Å². The predicted octanol–water partition coefficient (Wildman–Crippen LogP) is 1.55. The van der Waals surface area contributed by atoms with Crippen molar-refractivity contribution in [2.75, 3.05) is 0 Å². The van der Waals surface area contributed by atoms with E-state index in [1.165, 1.54) is 6.07 Å². The smallest absolute Gasteiger partial charge is 0.165 e. The number of ether oxygens (including phenoxy) is 1. The van der Waals surface area contributed by atoms with Crippen LogP contribution >= 0.6 is 0 Å². The normalized spacial score (nSPS) is 10.5. The molecule has 6 heteroatoms. The highest BCUT2D eigenvalue weighted by Gasteiger charge is 2.11. The van der Waals surface area contributed by atoms with Crippen molar-refractivity contribution in [3.8, 4) is 5.75 Å². The number of para-hydroxylation sites is 1. The van der Waals surface area contributed by atoms with Crippen LogP contribution in [0.15, 0.2) is 22.8 Å². The minimum Gasteiger partial charge on any atom is -0.484 e.